The van der Waals surface area contributed by atoms with Crippen molar-refractivity contribution in [3.63, 3.8) is 0 Å². The van der Waals surface area contributed by atoms with E-state index in [0.717, 1.165) is 12.8 Å². The lowest BCUT2D eigenvalue weighted by Gasteiger charge is -2.34. The van der Waals surface area contributed by atoms with Crippen molar-refractivity contribution >= 4 is 5.84 Å². The fourth-order valence-corrected chi connectivity index (χ4v) is 4.33. The monoisotopic (exact) mass is 304 g/mol. The van der Waals surface area contributed by atoms with E-state index in [4.69, 9.17) is 15.2 Å². The number of aliphatic imine (C=N–C) groups is 1. The number of hydrogen-bond donors (Lipinski definition) is 1. The molecule has 2 N–H and O–H groups in total. The summed E-state index contributed by atoms with van der Waals surface area (Å²) in [5.74, 6) is -1.31. The van der Waals surface area contributed by atoms with Crippen molar-refractivity contribution in [1.29, 1.82) is 10.5 Å². The van der Waals surface area contributed by atoms with Crippen molar-refractivity contribution in [2.45, 2.75) is 52.9 Å². The quantitative estimate of drug-likeness (QED) is 0.727. The molecule has 0 bridgehead atoms. The van der Waals surface area contributed by atoms with E-state index >= 15 is 0 Å². The van der Waals surface area contributed by atoms with Crippen LogP contribution >= 0.6 is 0 Å². The smallest absolute Gasteiger partial charge is 0.293 e. The average Bonchev–Trinajstić information content (AvgIpc) is 2.90. The predicted octanol–water partition coefficient (Wildman–Crippen LogP) is 2.31. The van der Waals surface area contributed by atoms with Crippen LogP contribution in [0.15, 0.2) is 4.99 Å². The molecule has 120 valence electrons. The lowest BCUT2D eigenvalue weighted by Crippen LogP contribution is -2.45. The number of nitrogens with two attached hydrogens (primary N) is 1. The lowest BCUT2D eigenvalue weighted by atomic mass is 9.87. The summed E-state index contributed by atoms with van der Waals surface area (Å²) in [6.07, 6.45) is 2.60. The Morgan fingerprint density at radius 2 is 1.73 bits per heavy atom. The Morgan fingerprint density at radius 1 is 1.14 bits per heavy atom. The highest BCUT2D eigenvalue weighted by atomic mass is 16.7. The fraction of sp³-hybridized carbons (Fsp3) is 0.812. The van der Waals surface area contributed by atoms with Gasteiger partial charge in [-0.05, 0) is 20.3 Å². The Bertz CT molecular complexity index is 570. The maximum absolute atomic E-state index is 10.0. The van der Waals surface area contributed by atoms with E-state index in [1.165, 1.54) is 0 Å². The minimum Gasteiger partial charge on any atom is -0.386 e. The zero-order valence-electron chi connectivity index (χ0n) is 13.8. The molecule has 1 heterocycles. The Morgan fingerprint density at radius 3 is 2.14 bits per heavy atom. The van der Waals surface area contributed by atoms with Crippen molar-refractivity contribution in [3.05, 3.63) is 0 Å². The Kier molecular flexibility index (Phi) is 3.97. The van der Waals surface area contributed by atoms with Crippen molar-refractivity contribution in [2.75, 3.05) is 13.2 Å². The summed E-state index contributed by atoms with van der Waals surface area (Å²) >= 11 is 0. The van der Waals surface area contributed by atoms with Crippen LogP contribution < -0.4 is 5.73 Å². The third-order valence-electron chi connectivity index (χ3n) is 5.33. The summed E-state index contributed by atoms with van der Waals surface area (Å²) in [4.78, 5) is 4.32. The lowest BCUT2D eigenvalue weighted by molar-refractivity contribution is -0.260. The third kappa shape index (κ3) is 1.42. The first kappa shape index (κ1) is 16.7. The number of ether oxygens (including phenoxy) is 2. The van der Waals surface area contributed by atoms with Gasteiger partial charge >= 0.3 is 0 Å². The van der Waals surface area contributed by atoms with E-state index in [1.807, 2.05) is 20.8 Å². The van der Waals surface area contributed by atoms with Gasteiger partial charge in [0.2, 0.25) is 0 Å². The molecule has 0 saturated heterocycles. The predicted molar refractivity (Wildman–Crippen MR) is 81.3 cm³/mol. The van der Waals surface area contributed by atoms with E-state index in [9.17, 15) is 10.5 Å². The molecule has 0 spiro atoms. The molecular weight excluding hydrogens is 280 g/mol. The summed E-state index contributed by atoms with van der Waals surface area (Å²) in [5, 5.41) is 19.9. The first-order chi connectivity index (χ1) is 10.4. The fourth-order valence-electron chi connectivity index (χ4n) is 4.33. The molecule has 1 aliphatic carbocycles. The van der Waals surface area contributed by atoms with E-state index in [0.29, 0.717) is 19.6 Å². The number of nitrogens with zero attached hydrogens (tertiary/aromatic N) is 3. The zero-order chi connectivity index (χ0) is 16.6. The van der Waals surface area contributed by atoms with Gasteiger partial charge in [0.1, 0.15) is 11.3 Å². The first-order valence-electron chi connectivity index (χ1n) is 7.89. The second-order valence-corrected chi connectivity index (χ2v) is 6.10. The van der Waals surface area contributed by atoms with Gasteiger partial charge in [0.25, 0.3) is 5.91 Å². The number of nitriles is 2. The molecule has 22 heavy (non-hydrogen) atoms. The second-order valence-electron chi connectivity index (χ2n) is 6.10. The van der Waals surface area contributed by atoms with E-state index in [1.54, 1.807) is 0 Å². The zero-order valence-corrected chi connectivity index (χ0v) is 13.8. The van der Waals surface area contributed by atoms with Crippen LogP contribution in [0, 0.1) is 38.9 Å². The van der Waals surface area contributed by atoms with Crippen molar-refractivity contribution < 1.29 is 9.47 Å². The SMILES string of the molecule is CCCC[C@]1(C)[C@]2(C#N)C(N)=NC(OCC)(OCC)[C@]12C#N. The Hall–Kier alpha value is -1.63. The minimum atomic E-state index is -1.48. The van der Waals surface area contributed by atoms with Gasteiger partial charge in [0, 0.05) is 18.6 Å². The molecule has 6 heteroatoms. The Labute approximate surface area is 131 Å². The number of unbranched alkanes of at least 4 members (excludes halogenated alkanes) is 1. The highest BCUT2D eigenvalue weighted by molar-refractivity contribution is 6.00. The molecule has 1 fully saturated rings. The van der Waals surface area contributed by atoms with Crippen molar-refractivity contribution in [2.24, 2.45) is 27.0 Å². The molecular formula is C16H24N4O2. The molecule has 6 nitrogen and oxygen atoms in total. The second kappa shape index (κ2) is 5.22. The van der Waals surface area contributed by atoms with Gasteiger partial charge in [-0.15, -0.1) is 0 Å². The first-order valence-corrected chi connectivity index (χ1v) is 7.89. The standard InChI is InChI=1S/C16H24N4O2/c1-5-8-9-13(4)14(10-17)12(19)20-16(21-6-2,22-7-3)15(13,14)11-18/h5-9H2,1-4H3,(H2,19,20)/t13-,14+,15-/m1/s1. The van der Waals surface area contributed by atoms with Crippen LogP contribution in [0.2, 0.25) is 0 Å². The molecule has 2 rings (SSSR count). The summed E-state index contributed by atoms with van der Waals surface area (Å²) < 4.78 is 11.6. The van der Waals surface area contributed by atoms with Gasteiger partial charge in [-0.3, -0.25) is 0 Å². The normalized spacial score (nSPS) is 37.8. The average molecular weight is 304 g/mol. The number of hydrogen-bond acceptors (Lipinski definition) is 6. The molecule has 0 aromatic heterocycles. The van der Waals surface area contributed by atoms with Crippen LogP contribution in [0.5, 0.6) is 0 Å². The molecule has 0 amide bonds. The summed E-state index contributed by atoms with van der Waals surface area (Å²) in [5.41, 5.74) is 3.19. The van der Waals surface area contributed by atoms with E-state index < -0.39 is 22.2 Å². The third-order valence-corrected chi connectivity index (χ3v) is 5.33. The largest absolute Gasteiger partial charge is 0.386 e. The molecule has 0 unspecified atom stereocenters. The topological polar surface area (TPSA) is 104 Å². The molecule has 1 aliphatic heterocycles. The molecule has 3 atom stereocenters. The summed E-state index contributed by atoms with van der Waals surface area (Å²) in [6, 6.07) is 4.62. The molecule has 1 saturated carbocycles. The molecule has 2 aliphatic rings. The van der Waals surface area contributed by atoms with Gasteiger partial charge in [-0.1, -0.05) is 26.7 Å². The van der Waals surface area contributed by atoms with Crippen LogP contribution in [0.25, 0.3) is 0 Å². The molecule has 0 radical (unpaired) electrons. The van der Waals surface area contributed by atoms with Crippen LogP contribution in [-0.2, 0) is 9.47 Å². The molecule has 0 aromatic rings. The van der Waals surface area contributed by atoms with Gasteiger partial charge in [0.05, 0.1) is 12.1 Å². The van der Waals surface area contributed by atoms with Crippen LogP contribution in [0.4, 0.5) is 0 Å². The van der Waals surface area contributed by atoms with Gasteiger partial charge in [0.15, 0.2) is 5.41 Å². The van der Waals surface area contributed by atoms with Gasteiger partial charge in [-0.2, -0.15) is 10.5 Å². The van der Waals surface area contributed by atoms with E-state index in [2.05, 4.69) is 24.1 Å². The maximum Gasteiger partial charge on any atom is 0.293 e. The maximum atomic E-state index is 10.0. The van der Waals surface area contributed by atoms with Crippen LogP contribution in [0.1, 0.15) is 47.0 Å². The van der Waals surface area contributed by atoms with Crippen LogP contribution in [-0.4, -0.2) is 25.0 Å². The van der Waals surface area contributed by atoms with Gasteiger partial charge < -0.3 is 15.2 Å². The van der Waals surface area contributed by atoms with Gasteiger partial charge in [-0.25, -0.2) is 4.99 Å². The molecule has 0 aromatic carbocycles. The number of fused-ring (bicyclic) bond motifs is 1. The number of amidine groups is 1. The Balaban J connectivity index is 2.63. The van der Waals surface area contributed by atoms with Crippen molar-refractivity contribution in [1.82, 2.24) is 0 Å². The van der Waals surface area contributed by atoms with Crippen molar-refractivity contribution in [3.8, 4) is 12.1 Å². The minimum absolute atomic E-state index is 0.164. The summed E-state index contributed by atoms with van der Waals surface area (Å²) in [7, 11) is 0. The van der Waals surface area contributed by atoms with Crippen LogP contribution in [0.3, 0.4) is 0 Å². The number of rotatable bonds is 7. The highest BCUT2D eigenvalue weighted by Crippen LogP contribution is 2.86. The highest BCUT2D eigenvalue weighted by Gasteiger charge is 2.98. The van der Waals surface area contributed by atoms with E-state index in [-0.39, 0.29) is 5.84 Å². The summed E-state index contributed by atoms with van der Waals surface area (Å²) in [6.45, 7) is 8.29.